The van der Waals surface area contributed by atoms with Gasteiger partial charge in [0.1, 0.15) is 6.04 Å². The van der Waals surface area contributed by atoms with E-state index in [9.17, 15) is 19.5 Å². The molecule has 2 rings (SSSR count). The van der Waals surface area contributed by atoms with Crippen molar-refractivity contribution in [3.8, 4) is 0 Å². The van der Waals surface area contributed by atoms with E-state index in [0.717, 1.165) is 0 Å². The van der Waals surface area contributed by atoms with Gasteiger partial charge in [0, 0.05) is 29.6 Å². The Morgan fingerprint density at radius 1 is 1.36 bits per heavy atom. The number of hydrogen-bond donors (Lipinski definition) is 5. The van der Waals surface area contributed by atoms with Gasteiger partial charge in [-0.15, -0.1) is 0 Å². The largest absolute Gasteiger partial charge is 0.480 e. The molecule has 1 heterocycles. The maximum absolute atomic E-state index is 11.8. The van der Waals surface area contributed by atoms with Crippen LogP contribution in [0.1, 0.15) is 12.5 Å². The van der Waals surface area contributed by atoms with Gasteiger partial charge in [-0.1, -0.05) is 18.2 Å². The van der Waals surface area contributed by atoms with Gasteiger partial charge >= 0.3 is 5.97 Å². The zero-order chi connectivity index (χ0) is 16.5. The predicted octanol–water partition coefficient (Wildman–Crippen LogP) is 0.368. The molecule has 0 fully saturated rings. The average molecular weight is 321 g/mol. The number of primary amides is 1. The molecule has 0 saturated carbocycles. The topological polar surface area (TPSA) is 125 Å². The van der Waals surface area contributed by atoms with Crippen LogP contribution >= 0.6 is 12.6 Å². The van der Waals surface area contributed by atoms with E-state index in [2.05, 4.69) is 22.9 Å². The number of thiol groups is 1. The first kappa shape index (κ1) is 15.9. The van der Waals surface area contributed by atoms with Crippen LogP contribution in [0.3, 0.4) is 0 Å². The first-order chi connectivity index (χ1) is 10.3. The Morgan fingerprint density at radius 2 is 2.00 bits per heavy atom. The third-order valence-corrected chi connectivity index (χ3v) is 4.07. The number of carbonyl (C=O) groups excluding carboxylic acids is 2. The lowest BCUT2D eigenvalue weighted by atomic mass is 9.89. The molecule has 7 nitrogen and oxygen atoms in total. The Labute approximate surface area is 131 Å². The Balaban J connectivity index is 2.68. The summed E-state index contributed by atoms with van der Waals surface area (Å²) in [5, 5.41) is 12.5. The second-order valence-electron chi connectivity index (χ2n) is 4.86. The molecule has 0 radical (unpaired) electrons. The fourth-order valence-corrected chi connectivity index (χ4v) is 2.74. The summed E-state index contributed by atoms with van der Waals surface area (Å²) in [4.78, 5) is 37.8. The quantitative estimate of drug-likeness (QED) is 0.510. The van der Waals surface area contributed by atoms with Crippen LogP contribution in [-0.4, -0.2) is 33.9 Å². The standard InChI is InChI=1S/C14H15N3O4S/c1-7(18)17-11(12(15)19)14(22,13(20)21)9-6-16-10-5-3-2-4-8(9)10/h2-6,11,16,22H,1H3,(H2,15,19)(H,17,18)(H,20,21). The number of aromatic nitrogens is 1. The van der Waals surface area contributed by atoms with Crippen LogP contribution in [0.4, 0.5) is 0 Å². The molecule has 2 amide bonds. The molecule has 0 spiro atoms. The lowest BCUT2D eigenvalue weighted by Crippen LogP contribution is -2.58. The van der Waals surface area contributed by atoms with Crippen molar-refractivity contribution in [2.75, 3.05) is 0 Å². The number of hydrogen-bond acceptors (Lipinski definition) is 4. The fraction of sp³-hybridized carbons (Fsp3) is 0.214. The van der Waals surface area contributed by atoms with Crippen molar-refractivity contribution in [2.24, 2.45) is 5.73 Å². The summed E-state index contributed by atoms with van der Waals surface area (Å²) in [6.07, 6.45) is 1.45. The molecule has 2 unspecified atom stereocenters. The Morgan fingerprint density at radius 3 is 2.55 bits per heavy atom. The number of carbonyl (C=O) groups is 3. The van der Waals surface area contributed by atoms with Crippen molar-refractivity contribution < 1.29 is 19.5 Å². The number of rotatable bonds is 5. The van der Waals surface area contributed by atoms with E-state index in [1.807, 2.05) is 0 Å². The Hall–Kier alpha value is -2.48. The summed E-state index contributed by atoms with van der Waals surface area (Å²) in [7, 11) is 0. The van der Waals surface area contributed by atoms with Crippen LogP contribution in [-0.2, 0) is 19.1 Å². The number of aliphatic carboxylic acids is 1. The number of carboxylic acid groups (broad SMARTS) is 1. The maximum Gasteiger partial charge on any atom is 0.326 e. The molecule has 0 aliphatic rings. The molecular formula is C14H15N3O4S. The third-order valence-electron chi connectivity index (χ3n) is 3.38. The zero-order valence-electron chi connectivity index (χ0n) is 11.7. The van der Waals surface area contributed by atoms with E-state index in [1.165, 1.54) is 13.1 Å². The number of nitrogens with one attached hydrogen (secondary N) is 2. The smallest absolute Gasteiger partial charge is 0.326 e. The molecule has 2 aromatic rings. The normalized spacial score (nSPS) is 15.0. The van der Waals surface area contributed by atoms with Crippen LogP contribution in [0.5, 0.6) is 0 Å². The fourth-order valence-electron chi connectivity index (χ4n) is 2.37. The second kappa shape index (κ2) is 5.72. The van der Waals surface area contributed by atoms with E-state index in [-0.39, 0.29) is 5.56 Å². The minimum absolute atomic E-state index is 0.247. The number of H-pyrrole nitrogens is 1. The number of benzene rings is 1. The van der Waals surface area contributed by atoms with Gasteiger partial charge in [0.2, 0.25) is 11.8 Å². The highest BCUT2D eigenvalue weighted by molar-refractivity contribution is 7.82. The molecule has 5 N–H and O–H groups in total. The van der Waals surface area contributed by atoms with Crippen molar-refractivity contribution in [3.05, 3.63) is 36.0 Å². The molecule has 0 saturated heterocycles. The highest BCUT2D eigenvalue weighted by Gasteiger charge is 2.49. The summed E-state index contributed by atoms with van der Waals surface area (Å²) < 4.78 is -2.00. The highest BCUT2D eigenvalue weighted by Crippen LogP contribution is 2.37. The van der Waals surface area contributed by atoms with Crippen molar-refractivity contribution in [1.29, 1.82) is 0 Å². The predicted molar refractivity (Wildman–Crippen MR) is 83.4 cm³/mol. The molecule has 116 valence electrons. The second-order valence-corrected chi connectivity index (χ2v) is 5.56. The SMILES string of the molecule is CC(=O)NC(C(N)=O)C(S)(C(=O)O)c1c[nH]c2ccccc12. The third kappa shape index (κ3) is 2.52. The summed E-state index contributed by atoms with van der Waals surface area (Å²) in [5.74, 6) is -2.96. The molecule has 22 heavy (non-hydrogen) atoms. The van der Waals surface area contributed by atoms with Gasteiger partial charge in [0.05, 0.1) is 0 Å². The van der Waals surface area contributed by atoms with E-state index in [0.29, 0.717) is 10.9 Å². The molecule has 1 aromatic carbocycles. The van der Waals surface area contributed by atoms with Gasteiger partial charge in [0.25, 0.3) is 0 Å². The molecule has 0 bridgehead atoms. The Bertz CT molecular complexity index is 757. The number of amides is 2. The van der Waals surface area contributed by atoms with Crippen LogP contribution in [0.2, 0.25) is 0 Å². The van der Waals surface area contributed by atoms with E-state index >= 15 is 0 Å². The van der Waals surface area contributed by atoms with E-state index in [4.69, 9.17) is 5.73 Å². The number of nitrogens with two attached hydrogens (primary N) is 1. The van der Waals surface area contributed by atoms with Crippen molar-refractivity contribution in [3.63, 3.8) is 0 Å². The molecule has 8 heteroatoms. The summed E-state index contributed by atoms with van der Waals surface area (Å²) in [6.45, 7) is 1.17. The minimum atomic E-state index is -2.00. The van der Waals surface area contributed by atoms with Gasteiger partial charge in [0.15, 0.2) is 4.75 Å². The number of carboxylic acids is 1. The monoisotopic (exact) mass is 321 g/mol. The average Bonchev–Trinajstić information content (AvgIpc) is 2.87. The molecule has 0 aliphatic carbocycles. The lowest BCUT2D eigenvalue weighted by molar-refractivity contribution is -0.143. The maximum atomic E-state index is 11.8. The first-order valence-electron chi connectivity index (χ1n) is 6.37. The van der Waals surface area contributed by atoms with Gasteiger partial charge < -0.3 is 21.1 Å². The van der Waals surface area contributed by atoms with Crippen LogP contribution < -0.4 is 11.1 Å². The van der Waals surface area contributed by atoms with Gasteiger partial charge in [-0.05, 0) is 6.07 Å². The molecule has 0 aliphatic heterocycles. The molecule has 2 atom stereocenters. The van der Waals surface area contributed by atoms with E-state index < -0.39 is 28.6 Å². The summed E-state index contributed by atoms with van der Waals surface area (Å²) in [6, 6.07) is 5.45. The lowest BCUT2D eigenvalue weighted by Gasteiger charge is -2.31. The van der Waals surface area contributed by atoms with Crippen LogP contribution in [0.15, 0.2) is 30.5 Å². The van der Waals surface area contributed by atoms with Crippen LogP contribution in [0.25, 0.3) is 10.9 Å². The number of para-hydroxylation sites is 1. The highest BCUT2D eigenvalue weighted by atomic mass is 32.1. The van der Waals surface area contributed by atoms with Gasteiger partial charge in [-0.25, -0.2) is 0 Å². The van der Waals surface area contributed by atoms with E-state index in [1.54, 1.807) is 24.3 Å². The van der Waals surface area contributed by atoms with Gasteiger partial charge in [-0.2, -0.15) is 12.6 Å². The molecule has 1 aromatic heterocycles. The van der Waals surface area contributed by atoms with Gasteiger partial charge in [-0.3, -0.25) is 14.4 Å². The first-order valence-corrected chi connectivity index (χ1v) is 6.82. The summed E-state index contributed by atoms with van der Waals surface area (Å²) >= 11 is 4.22. The van der Waals surface area contributed by atoms with Crippen molar-refractivity contribution in [2.45, 2.75) is 17.7 Å². The zero-order valence-corrected chi connectivity index (χ0v) is 12.6. The minimum Gasteiger partial charge on any atom is -0.480 e. The van der Waals surface area contributed by atoms with Crippen LogP contribution in [0, 0.1) is 0 Å². The Kier molecular flexibility index (Phi) is 4.14. The van der Waals surface area contributed by atoms with Crippen molar-refractivity contribution in [1.82, 2.24) is 10.3 Å². The number of fused-ring (bicyclic) bond motifs is 1. The molecular weight excluding hydrogens is 306 g/mol. The number of aromatic amines is 1. The summed E-state index contributed by atoms with van der Waals surface area (Å²) in [5.41, 5.74) is 6.21. The van der Waals surface area contributed by atoms with Crippen molar-refractivity contribution >= 4 is 41.3 Å².